The van der Waals surface area contributed by atoms with Gasteiger partial charge >= 0.3 is 0 Å². The Morgan fingerprint density at radius 2 is 2.04 bits per heavy atom. The standard InChI is InChI=1S/C19H26N4O2S/c1-21-18(13-6-7-13)20-23(19(21)26)12-22-10-4-5-16(22)15-9-8-14(24-2)11-17(15)25-3/h8-9,11,13,16H,4-7,10,12H2,1-3H3/p+1/t16-/m1/s1. The minimum atomic E-state index is 0.393. The molecule has 1 unspecified atom stereocenters. The molecule has 1 saturated carbocycles. The minimum absolute atomic E-state index is 0.393. The summed E-state index contributed by atoms with van der Waals surface area (Å²) in [5.74, 6) is 3.48. The van der Waals surface area contributed by atoms with Crippen LogP contribution in [0.5, 0.6) is 11.5 Å². The average molecular weight is 376 g/mol. The summed E-state index contributed by atoms with van der Waals surface area (Å²) in [6, 6.07) is 6.53. The molecular formula is C19H27N4O2S+. The van der Waals surface area contributed by atoms with E-state index in [4.69, 9.17) is 26.8 Å². The maximum absolute atomic E-state index is 5.65. The number of benzene rings is 1. The third-order valence-electron chi connectivity index (χ3n) is 5.67. The Kier molecular flexibility index (Phi) is 4.75. The Morgan fingerprint density at radius 3 is 2.73 bits per heavy atom. The van der Waals surface area contributed by atoms with Gasteiger partial charge in [-0.05, 0) is 37.2 Å². The van der Waals surface area contributed by atoms with E-state index >= 15 is 0 Å². The molecule has 2 heterocycles. The second-order valence-corrected chi connectivity index (χ2v) is 7.71. The summed E-state index contributed by atoms with van der Waals surface area (Å²) in [4.78, 5) is 1.49. The van der Waals surface area contributed by atoms with Crippen molar-refractivity contribution in [3.05, 3.63) is 34.4 Å². The molecule has 2 fully saturated rings. The van der Waals surface area contributed by atoms with Gasteiger partial charge in [0.2, 0.25) is 4.77 Å². The highest BCUT2D eigenvalue weighted by molar-refractivity contribution is 7.71. The van der Waals surface area contributed by atoms with Crippen molar-refractivity contribution in [2.75, 3.05) is 20.8 Å². The van der Waals surface area contributed by atoms with Crippen molar-refractivity contribution >= 4 is 12.2 Å². The summed E-state index contributed by atoms with van der Waals surface area (Å²) < 4.78 is 15.9. The molecule has 1 aromatic heterocycles. The number of methoxy groups -OCH3 is 2. The van der Waals surface area contributed by atoms with Gasteiger partial charge in [0.1, 0.15) is 23.4 Å². The number of nitrogens with zero attached hydrogens (tertiary/aromatic N) is 3. The molecule has 7 heteroatoms. The monoisotopic (exact) mass is 375 g/mol. The Bertz CT molecular complexity index is 856. The van der Waals surface area contributed by atoms with Crippen LogP contribution in [0.15, 0.2) is 18.2 Å². The SMILES string of the molecule is COc1ccc([C@H]2CCC[NH+]2Cn2nc(C3CC3)n(C)c2=S)c(OC)c1. The van der Waals surface area contributed by atoms with E-state index in [1.165, 1.54) is 29.7 Å². The fourth-order valence-electron chi connectivity index (χ4n) is 4.08. The van der Waals surface area contributed by atoms with Crippen LogP contribution in [-0.4, -0.2) is 35.1 Å². The van der Waals surface area contributed by atoms with Crippen LogP contribution in [-0.2, 0) is 13.7 Å². The number of nitrogens with one attached hydrogen (secondary N) is 1. The molecule has 1 aromatic carbocycles. The van der Waals surface area contributed by atoms with Gasteiger partial charge in [0.05, 0.1) is 26.3 Å². The fourth-order valence-corrected chi connectivity index (χ4v) is 4.28. The van der Waals surface area contributed by atoms with Crippen LogP contribution in [0.4, 0.5) is 0 Å². The predicted octanol–water partition coefficient (Wildman–Crippen LogP) is 2.22. The Labute approximate surface area is 159 Å². The summed E-state index contributed by atoms with van der Waals surface area (Å²) in [6.07, 6.45) is 4.82. The second-order valence-electron chi connectivity index (χ2n) is 7.34. The first-order valence-corrected chi connectivity index (χ1v) is 9.73. The van der Waals surface area contributed by atoms with Gasteiger partial charge in [-0.3, -0.25) is 0 Å². The average Bonchev–Trinajstić information content (AvgIpc) is 3.35. The topological polar surface area (TPSA) is 45.7 Å². The van der Waals surface area contributed by atoms with Crippen LogP contribution in [0.25, 0.3) is 0 Å². The lowest BCUT2D eigenvalue weighted by atomic mass is 10.0. The van der Waals surface area contributed by atoms with Gasteiger partial charge in [-0.1, -0.05) is 0 Å². The highest BCUT2D eigenvalue weighted by Crippen LogP contribution is 2.38. The Balaban J connectivity index is 1.60. The van der Waals surface area contributed by atoms with Crippen molar-refractivity contribution in [3.8, 4) is 11.5 Å². The maximum atomic E-state index is 5.65. The van der Waals surface area contributed by atoms with E-state index in [1.807, 2.05) is 23.9 Å². The number of quaternary nitrogens is 1. The van der Waals surface area contributed by atoms with Crippen molar-refractivity contribution in [1.29, 1.82) is 0 Å². The molecule has 2 atom stereocenters. The maximum Gasteiger partial charge on any atom is 0.202 e. The summed E-state index contributed by atoms with van der Waals surface area (Å²) in [7, 11) is 5.45. The second kappa shape index (κ2) is 7.04. The molecule has 0 radical (unpaired) electrons. The van der Waals surface area contributed by atoms with Crippen LogP contribution in [0.3, 0.4) is 0 Å². The molecule has 4 rings (SSSR count). The van der Waals surface area contributed by atoms with Crippen LogP contribution in [0.2, 0.25) is 0 Å². The zero-order valence-corrected chi connectivity index (χ0v) is 16.5. The zero-order chi connectivity index (χ0) is 18.3. The van der Waals surface area contributed by atoms with Crippen LogP contribution >= 0.6 is 12.2 Å². The van der Waals surface area contributed by atoms with Gasteiger partial charge in [0.25, 0.3) is 0 Å². The number of ether oxygens (including phenoxy) is 2. The first-order valence-electron chi connectivity index (χ1n) is 9.32. The van der Waals surface area contributed by atoms with E-state index < -0.39 is 0 Å². The number of likely N-dealkylation sites (tertiary alicyclic amines) is 1. The van der Waals surface area contributed by atoms with E-state index in [1.54, 1.807) is 14.2 Å². The first-order chi connectivity index (χ1) is 12.6. The molecule has 6 nitrogen and oxygen atoms in total. The van der Waals surface area contributed by atoms with E-state index in [2.05, 4.69) is 10.6 Å². The summed E-state index contributed by atoms with van der Waals surface area (Å²) in [5.41, 5.74) is 1.24. The van der Waals surface area contributed by atoms with Crippen molar-refractivity contribution < 1.29 is 14.4 Å². The fraction of sp³-hybridized carbons (Fsp3) is 0.579. The highest BCUT2D eigenvalue weighted by Gasteiger charge is 2.34. The molecule has 2 aromatic rings. The Hall–Kier alpha value is -1.86. The van der Waals surface area contributed by atoms with Gasteiger partial charge in [0, 0.05) is 31.9 Å². The summed E-state index contributed by atoms with van der Waals surface area (Å²) in [5, 5.41) is 4.84. The van der Waals surface area contributed by atoms with Gasteiger partial charge < -0.3 is 18.9 Å². The molecule has 26 heavy (non-hydrogen) atoms. The minimum Gasteiger partial charge on any atom is -0.497 e. The molecule has 1 aliphatic heterocycles. The largest absolute Gasteiger partial charge is 0.497 e. The van der Waals surface area contributed by atoms with Crippen molar-refractivity contribution in [2.45, 2.75) is 44.3 Å². The molecule has 0 amide bonds. The number of hydrogen-bond acceptors (Lipinski definition) is 4. The molecule has 2 aliphatic rings. The smallest absolute Gasteiger partial charge is 0.202 e. The van der Waals surface area contributed by atoms with Crippen molar-refractivity contribution in [3.63, 3.8) is 0 Å². The van der Waals surface area contributed by atoms with Crippen molar-refractivity contribution in [1.82, 2.24) is 14.3 Å². The van der Waals surface area contributed by atoms with Crippen LogP contribution in [0.1, 0.15) is 49.0 Å². The predicted molar refractivity (Wildman–Crippen MR) is 101 cm³/mol. The third kappa shape index (κ3) is 3.14. The van der Waals surface area contributed by atoms with Crippen LogP contribution < -0.4 is 14.4 Å². The van der Waals surface area contributed by atoms with E-state index in [0.717, 1.165) is 41.7 Å². The molecule has 1 saturated heterocycles. The molecule has 1 aliphatic carbocycles. The first kappa shape index (κ1) is 17.5. The third-order valence-corrected chi connectivity index (χ3v) is 6.15. The lowest BCUT2D eigenvalue weighted by molar-refractivity contribution is -0.941. The molecular weight excluding hydrogens is 348 g/mol. The molecule has 140 valence electrons. The number of rotatable bonds is 6. The summed E-state index contributed by atoms with van der Waals surface area (Å²) >= 11 is 5.64. The van der Waals surface area contributed by atoms with Gasteiger partial charge in [0.15, 0.2) is 6.67 Å². The van der Waals surface area contributed by atoms with E-state index in [9.17, 15) is 0 Å². The molecule has 0 bridgehead atoms. The van der Waals surface area contributed by atoms with E-state index in [0.29, 0.717) is 12.0 Å². The lowest BCUT2D eigenvalue weighted by Crippen LogP contribution is -3.09. The van der Waals surface area contributed by atoms with Crippen molar-refractivity contribution in [2.24, 2.45) is 7.05 Å². The zero-order valence-electron chi connectivity index (χ0n) is 15.7. The summed E-state index contributed by atoms with van der Waals surface area (Å²) in [6.45, 7) is 1.93. The molecule has 0 spiro atoms. The van der Waals surface area contributed by atoms with Gasteiger partial charge in [-0.25, -0.2) is 0 Å². The van der Waals surface area contributed by atoms with E-state index in [-0.39, 0.29) is 0 Å². The quantitative estimate of drug-likeness (QED) is 0.787. The van der Waals surface area contributed by atoms with Gasteiger partial charge in [-0.2, -0.15) is 9.78 Å². The van der Waals surface area contributed by atoms with Crippen LogP contribution in [0, 0.1) is 4.77 Å². The highest BCUT2D eigenvalue weighted by atomic mass is 32.1. The molecule has 1 N–H and O–H groups in total. The number of aromatic nitrogens is 3. The van der Waals surface area contributed by atoms with Gasteiger partial charge in [-0.15, -0.1) is 0 Å². The normalized spacial score (nSPS) is 22.6. The Morgan fingerprint density at radius 1 is 1.23 bits per heavy atom. The lowest BCUT2D eigenvalue weighted by Gasteiger charge is -2.23. The number of hydrogen-bond donors (Lipinski definition) is 1.